The van der Waals surface area contributed by atoms with Gasteiger partial charge in [-0.15, -0.1) is 0 Å². The molecule has 0 spiro atoms. The minimum atomic E-state index is -0.149. The van der Waals surface area contributed by atoms with Crippen LogP contribution in [0.2, 0.25) is 0 Å². The fourth-order valence-electron chi connectivity index (χ4n) is 2.12. The SMILES string of the molecule is O=C1NCCN[C@@H]1Cc1ccc2c(c1)OCO2. The van der Waals surface area contributed by atoms with Gasteiger partial charge in [-0.2, -0.15) is 0 Å². The summed E-state index contributed by atoms with van der Waals surface area (Å²) in [5.41, 5.74) is 1.07. The molecule has 90 valence electrons. The Hall–Kier alpha value is -1.75. The van der Waals surface area contributed by atoms with Crippen LogP contribution in [0, 0.1) is 0 Å². The van der Waals surface area contributed by atoms with E-state index in [1.807, 2.05) is 18.2 Å². The highest BCUT2D eigenvalue weighted by atomic mass is 16.7. The molecule has 1 amide bonds. The molecule has 2 aliphatic rings. The Morgan fingerprint density at radius 3 is 3.00 bits per heavy atom. The number of hydrogen-bond donors (Lipinski definition) is 2. The maximum atomic E-state index is 11.6. The van der Waals surface area contributed by atoms with Crippen molar-refractivity contribution in [1.29, 1.82) is 0 Å². The van der Waals surface area contributed by atoms with Crippen LogP contribution in [-0.2, 0) is 11.2 Å². The van der Waals surface area contributed by atoms with Gasteiger partial charge in [-0.25, -0.2) is 0 Å². The molecular weight excluding hydrogens is 220 g/mol. The number of nitrogens with one attached hydrogen (secondary N) is 2. The van der Waals surface area contributed by atoms with Crippen molar-refractivity contribution in [1.82, 2.24) is 10.6 Å². The molecule has 0 aromatic heterocycles. The van der Waals surface area contributed by atoms with Crippen molar-refractivity contribution in [3.63, 3.8) is 0 Å². The average Bonchev–Trinajstić information content (AvgIpc) is 2.79. The van der Waals surface area contributed by atoms with Crippen LogP contribution in [0.5, 0.6) is 11.5 Å². The van der Waals surface area contributed by atoms with E-state index in [1.54, 1.807) is 0 Å². The van der Waals surface area contributed by atoms with Crippen LogP contribution in [0.4, 0.5) is 0 Å². The Balaban J connectivity index is 1.74. The maximum absolute atomic E-state index is 11.6. The summed E-state index contributed by atoms with van der Waals surface area (Å²) < 4.78 is 10.6. The zero-order valence-corrected chi connectivity index (χ0v) is 9.36. The Bertz CT molecular complexity index is 447. The van der Waals surface area contributed by atoms with E-state index in [4.69, 9.17) is 9.47 Å². The molecular formula is C12H14N2O3. The van der Waals surface area contributed by atoms with E-state index in [0.717, 1.165) is 23.6 Å². The van der Waals surface area contributed by atoms with Crippen LogP contribution in [0.15, 0.2) is 18.2 Å². The van der Waals surface area contributed by atoms with Gasteiger partial charge in [0.2, 0.25) is 12.7 Å². The first-order valence-corrected chi connectivity index (χ1v) is 5.72. The molecule has 1 aromatic carbocycles. The van der Waals surface area contributed by atoms with Crippen molar-refractivity contribution in [2.24, 2.45) is 0 Å². The fourth-order valence-corrected chi connectivity index (χ4v) is 2.12. The molecule has 1 fully saturated rings. The first-order chi connectivity index (χ1) is 8.33. The van der Waals surface area contributed by atoms with E-state index >= 15 is 0 Å². The summed E-state index contributed by atoms with van der Waals surface area (Å²) in [5.74, 6) is 1.60. The number of carbonyl (C=O) groups is 1. The Morgan fingerprint density at radius 1 is 1.24 bits per heavy atom. The molecule has 1 saturated heterocycles. The minimum Gasteiger partial charge on any atom is -0.454 e. The zero-order valence-electron chi connectivity index (χ0n) is 9.36. The van der Waals surface area contributed by atoms with E-state index in [1.165, 1.54) is 0 Å². The van der Waals surface area contributed by atoms with Crippen molar-refractivity contribution < 1.29 is 14.3 Å². The lowest BCUT2D eigenvalue weighted by Crippen LogP contribution is -2.53. The third-order valence-corrected chi connectivity index (χ3v) is 3.01. The quantitative estimate of drug-likeness (QED) is 0.759. The van der Waals surface area contributed by atoms with Crippen molar-refractivity contribution in [3.05, 3.63) is 23.8 Å². The van der Waals surface area contributed by atoms with Crippen molar-refractivity contribution in [2.45, 2.75) is 12.5 Å². The summed E-state index contributed by atoms with van der Waals surface area (Å²) in [4.78, 5) is 11.6. The smallest absolute Gasteiger partial charge is 0.237 e. The maximum Gasteiger partial charge on any atom is 0.237 e. The monoisotopic (exact) mass is 234 g/mol. The third kappa shape index (κ3) is 2.06. The molecule has 0 bridgehead atoms. The summed E-state index contributed by atoms with van der Waals surface area (Å²) in [5, 5.41) is 6.05. The molecule has 0 unspecified atom stereocenters. The average molecular weight is 234 g/mol. The molecule has 3 rings (SSSR count). The summed E-state index contributed by atoms with van der Waals surface area (Å²) >= 11 is 0. The lowest BCUT2D eigenvalue weighted by atomic mass is 10.0. The molecule has 5 heteroatoms. The number of carbonyl (C=O) groups excluding carboxylic acids is 1. The number of fused-ring (bicyclic) bond motifs is 1. The summed E-state index contributed by atoms with van der Waals surface area (Å²) in [7, 11) is 0. The van der Waals surface area contributed by atoms with Gasteiger partial charge in [0.1, 0.15) is 0 Å². The Labute approximate surface area is 99.1 Å². The predicted octanol–water partition coefficient (Wildman–Crippen LogP) is 0.0458. The van der Waals surface area contributed by atoms with Crippen LogP contribution in [0.25, 0.3) is 0 Å². The van der Waals surface area contributed by atoms with E-state index in [2.05, 4.69) is 10.6 Å². The number of rotatable bonds is 2. The molecule has 2 heterocycles. The van der Waals surface area contributed by atoms with Crippen molar-refractivity contribution in [2.75, 3.05) is 19.9 Å². The van der Waals surface area contributed by atoms with Gasteiger partial charge in [-0.1, -0.05) is 6.07 Å². The molecule has 1 aromatic rings. The Kier molecular flexibility index (Phi) is 2.60. The van der Waals surface area contributed by atoms with Gasteiger partial charge in [0.15, 0.2) is 11.5 Å². The first kappa shape index (κ1) is 10.4. The van der Waals surface area contributed by atoms with Crippen LogP contribution in [0.3, 0.4) is 0 Å². The number of ether oxygens (including phenoxy) is 2. The van der Waals surface area contributed by atoms with Crippen LogP contribution in [-0.4, -0.2) is 31.8 Å². The van der Waals surface area contributed by atoms with Gasteiger partial charge in [0.25, 0.3) is 0 Å². The standard InChI is InChI=1S/C12H14N2O3/c15-12-9(13-3-4-14-12)5-8-1-2-10-11(6-8)17-7-16-10/h1-2,6,9,13H,3-5,7H2,(H,14,15)/t9-/m1/s1. The zero-order chi connectivity index (χ0) is 11.7. The minimum absolute atomic E-state index is 0.0638. The lowest BCUT2D eigenvalue weighted by molar-refractivity contribution is -0.124. The van der Waals surface area contributed by atoms with Crippen LogP contribution in [0.1, 0.15) is 5.56 Å². The second-order valence-corrected chi connectivity index (χ2v) is 4.19. The largest absolute Gasteiger partial charge is 0.454 e. The molecule has 0 saturated carbocycles. The molecule has 1 atom stereocenters. The molecule has 17 heavy (non-hydrogen) atoms. The molecule has 0 aliphatic carbocycles. The van der Waals surface area contributed by atoms with Crippen LogP contribution < -0.4 is 20.1 Å². The molecule has 5 nitrogen and oxygen atoms in total. The summed E-state index contributed by atoms with van der Waals surface area (Å²) in [6.45, 7) is 1.80. The topological polar surface area (TPSA) is 59.6 Å². The summed E-state index contributed by atoms with van der Waals surface area (Å²) in [6.07, 6.45) is 0.669. The highest BCUT2D eigenvalue weighted by Crippen LogP contribution is 2.32. The number of hydrogen-bond acceptors (Lipinski definition) is 4. The fraction of sp³-hybridized carbons (Fsp3) is 0.417. The Morgan fingerprint density at radius 2 is 2.12 bits per heavy atom. The van der Waals surface area contributed by atoms with Gasteiger partial charge in [0.05, 0.1) is 6.04 Å². The molecule has 2 N–H and O–H groups in total. The predicted molar refractivity (Wildman–Crippen MR) is 61.1 cm³/mol. The van der Waals surface area contributed by atoms with Gasteiger partial charge < -0.3 is 20.1 Å². The van der Waals surface area contributed by atoms with Gasteiger partial charge in [-0.3, -0.25) is 4.79 Å². The first-order valence-electron chi connectivity index (χ1n) is 5.72. The van der Waals surface area contributed by atoms with E-state index in [-0.39, 0.29) is 18.7 Å². The second-order valence-electron chi connectivity index (χ2n) is 4.19. The number of amides is 1. The van der Waals surface area contributed by atoms with Crippen molar-refractivity contribution in [3.8, 4) is 11.5 Å². The highest BCUT2D eigenvalue weighted by molar-refractivity contribution is 5.82. The normalized spacial score (nSPS) is 22.4. The van der Waals surface area contributed by atoms with Crippen molar-refractivity contribution >= 4 is 5.91 Å². The van der Waals surface area contributed by atoms with Gasteiger partial charge >= 0.3 is 0 Å². The van der Waals surface area contributed by atoms with E-state index in [0.29, 0.717) is 13.0 Å². The lowest BCUT2D eigenvalue weighted by Gasteiger charge is -2.23. The van der Waals surface area contributed by atoms with Crippen LogP contribution >= 0.6 is 0 Å². The highest BCUT2D eigenvalue weighted by Gasteiger charge is 2.22. The van der Waals surface area contributed by atoms with E-state index in [9.17, 15) is 4.79 Å². The second kappa shape index (κ2) is 4.25. The van der Waals surface area contributed by atoms with Gasteiger partial charge in [-0.05, 0) is 24.1 Å². The van der Waals surface area contributed by atoms with E-state index < -0.39 is 0 Å². The molecule has 0 radical (unpaired) electrons. The number of piperazine rings is 1. The molecule has 2 aliphatic heterocycles. The summed E-state index contributed by atoms with van der Waals surface area (Å²) in [6, 6.07) is 5.64. The van der Waals surface area contributed by atoms with Gasteiger partial charge in [0, 0.05) is 13.1 Å². The number of benzene rings is 1. The third-order valence-electron chi connectivity index (χ3n) is 3.01.